The molecule has 0 saturated heterocycles. The fourth-order valence-corrected chi connectivity index (χ4v) is 4.07. The molecule has 0 aliphatic carbocycles. The van der Waals surface area contributed by atoms with Gasteiger partial charge in [-0.2, -0.15) is 5.26 Å². The number of hydrogen-bond donors (Lipinski definition) is 0. The van der Waals surface area contributed by atoms with E-state index in [1.807, 2.05) is 24.3 Å². The molecule has 1 atom stereocenters. The second-order valence-corrected chi connectivity index (χ2v) is 12.9. The van der Waals surface area contributed by atoms with Gasteiger partial charge in [0.25, 0.3) is 0 Å². The molecule has 0 fully saturated rings. The third-order valence-electron chi connectivity index (χ3n) is 5.41. The van der Waals surface area contributed by atoms with Crippen LogP contribution in [0.15, 0.2) is 54.6 Å². The highest BCUT2D eigenvalue weighted by molar-refractivity contribution is 6.74. The van der Waals surface area contributed by atoms with Gasteiger partial charge in [0.05, 0.1) is 6.07 Å². The predicted molar refractivity (Wildman–Crippen MR) is 108 cm³/mol. The van der Waals surface area contributed by atoms with Crippen LogP contribution in [0.2, 0.25) is 18.1 Å². The predicted octanol–water partition coefficient (Wildman–Crippen LogP) is 6.58. The Bertz CT molecular complexity index is 909. The molecule has 3 aromatic carbocycles. The summed E-state index contributed by atoms with van der Waals surface area (Å²) in [5, 5.41) is 14.5. The standard InChI is InChI=1S/C22H25NOSi/c1-22(2,3)25(4,5)24-20(15-23)21-18-12-8-6-10-16(18)14-17-11-7-9-13-19(17)21/h6-14,20H,1-5H3/t20-/m0/s1. The van der Waals surface area contributed by atoms with Crippen molar-refractivity contribution in [2.45, 2.75) is 45.0 Å². The Kier molecular flexibility index (Phi) is 4.45. The Morgan fingerprint density at radius 2 is 1.40 bits per heavy atom. The molecule has 25 heavy (non-hydrogen) atoms. The molecule has 0 N–H and O–H groups in total. The summed E-state index contributed by atoms with van der Waals surface area (Å²) in [6, 6.07) is 21.2. The summed E-state index contributed by atoms with van der Waals surface area (Å²) in [5.41, 5.74) is 1.00. The van der Waals surface area contributed by atoms with Crippen molar-refractivity contribution in [2.24, 2.45) is 0 Å². The molecule has 3 heteroatoms. The Labute approximate surface area is 151 Å². The van der Waals surface area contributed by atoms with Crippen molar-refractivity contribution in [3.63, 3.8) is 0 Å². The van der Waals surface area contributed by atoms with E-state index in [0.717, 1.165) is 27.1 Å². The molecule has 3 aromatic rings. The van der Waals surface area contributed by atoms with Crippen LogP contribution in [0.5, 0.6) is 0 Å². The van der Waals surface area contributed by atoms with E-state index >= 15 is 0 Å². The first-order valence-electron chi connectivity index (χ1n) is 8.72. The van der Waals surface area contributed by atoms with Crippen LogP contribution in [-0.2, 0) is 4.43 Å². The van der Waals surface area contributed by atoms with Gasteiger partial charge >= 0.3 is 0 Å². The van der Waals surface area contributed by atoms with Crippen LogP contribution in [0.1, 0.15) is 32.4 Å². The van der Waals surface area contributed by atoms with E-state index < -0.39 is 14.4 Å². The Morgan fingerprint density at radius 1 is 0.920 bits per heavy atom. The Morgan fingerprint density at radius 3 is 1.84 bits per heavy atom. The van der Waals surface area contributed by atoms with E-state index in [1.165, 1.54) is 0 Å². The lowest BCUT2D eigenvalue weighted by atomic mass is 9.94. The lowest BCUT2D eigenvalue weighted by molar-refractivity contribution is 0.239. The lowest BCUT2D eigenvalue weighted by Crippen LogP contribution is -2.41. The summed E-state index contributed by atoms with van der Waals surface area (Å²) in [7, 11) is -2.07. The smallest absolute Gasteiger partial charge is 0.194 e. The maximum absolute atomic E-state index is 9.97. The average Bonchev–Trinajstić information content (AvgIpc) is 2.56. The van der Waals surface area contributed by atoms with Crippen LogP contribution >= 0.6 is 0 Å². The van der Waals surface area contributed by atoms with Crippen LogP contribution in [-0.4, -0.2) is 8.32 Å². The number of nitrogens with zero attached hydrogens (tertiary/aromatic N) is 1. The zero-order valence-corrected chi connectivity index (χ0v) is 16.6. The topological polar surface area (TPSA) is 33.0 Å². The van der Waals surface area contributed by atoms with Crippen LogP contribution in [0.3, 0.4) is 0 Å². The van der Waals surface area contributed by atoms with Gasteiger partial charge in [-0.1, -0.05) is 69.3 Å². The van der Waals surface area contributed by atoms with Gasteiger partial charge in [0.15, 0.2) is 14.4 Å². The number of hydrogen-bond acceptors (Lipinski definition) is 2. The van der Waals surface area contributed by atoms with Crippen molar-refractivity contribution in [1.82, 2.24) is 0 Å². The second-order valence-electron chi connectivity index (χ2n) is 8.12. The third-order valence-corrected chi connectivity index (χ3v) is 9.85. The van der Waals surface area contributed by atoms with E-state index in [4.69, 9.17) is 4.43 Å². The first kappa shape index (κ1) is 17.7. The van der Waals surface area contributed by atoms with E-state index in [9.17, 15) is 5.26 Å². The van der Waals surface area contributed by atoms with Crippen LogP contribution in [0.4, 0.5) is 0 Å². The fraction of sp³-hybridized carbons (Fsp3) is 0.318. The fourth-order valence-electron chi connectivity index (χ4n) is 2.95. The minimum absolute atomic E-state index is 0.0580. The van der Waals surface area contributed by atoms with Gasteiger partial charge in [-0.15, -0.1) is 0 Å². The molecular weight excluding hydrogens is 322 g/mol. The molecule has 0 aromatic heterocycles. The summed E-state index contributed by atoms with van der Waals surface area (Å²) >= 11 is 0. The molecule has 0 aliphatic heterocycles. The molecule has 128 valence electrons. The molecule has 0 aliphatic rings. The molecule has 0 radical (unpaired) electrons. The first-order chi connectivity index (χ1) is 11.7. The van der Waals surface area contributed by atoms with Crippen LogP contribution < -0.4 is 0 Å². The number of benzene rings is 3. The zero-order valence-electron chi connectivity index (χ0n) is 15.6. The van der Waals surface area contributed by atoms with Gasteiger partial charge in [-0.05, 0) is 45.7 Å². The van der Waals surface area contributed by atoms with Crippen molar-refractivity contribution in [2.75, 3.05) is 0 Å². The largest absolute Gasteiger partial charge is 0.398 e. The van der Waals surface area contributed by atoms with Crippen molar-refractivity contribution in [1.29, 1.82) is 5.26 Å². The molecule has 0 heterocycles. The SMILES string of the molecule is CC(C)(C)[Si](C)(C)O[C@@H](C#N)c1c2ccccc2cc2ccccc12. The maximum Gasteiger partial charge on any atom is 0.194 e. The summed E-state index contributed by atoms with van der Waals surface area (Å²) < 4.78 is 6.53. The van der Waals surface area contributed by atoms with Gasteiger partial charge in [0.2, 0.25) is 0 Å². The van der Waals surface area contributed by atoms with E-state index in [2.05, 4.69) is 70.3 Å². The summed E-state index contributed by atoms with van der Waals surface area (Å²) in [4.78, 5) is 0. The Hall–Kier alpha value is -2.15. The molecule has 0 saturated carbocycles. The highest BCUT2D eigenvalue weighted by Crippen LogP contribution is 2.42. The monoisotopic (exact) mass is 347 g/mol. The molecular formula is C22H25NOSi. The number of fused-ring (bicyclic) bond motifs is 2. The normalized spacial score (nSPS) is 13.8. The van der Waals surface area contributed by atoms with Gasteiger partial charge < -0.3 is 4.43 Å². The van der Waals surface area contributed by atoms with E-state index in [0.29, 0.717) is 0 Å². The maximum atomic E-state index is 9.97. The zero-order chi connectivity index (χ0) is 18.2. The highest BCUT2D eigenvalue weighted by atomic mass is 28.4. The van der Waals surface area contributed by atoms with Gasteiger partial charge in [-0.25, -0.2) is 0 Å². The van der Waals surface area contributed by atoms with Crippen molar-refractivity contribution < 1.29 is 4.43 Å². The van der Waals surface area contributed by atoms with Crippen molar-refractivity contribution in [3.05, 3.63) is 60.2 Å². The van der Waals surface area contributed by atoms with Gasteiger partial charge in [-0.3, -0.25) is 0 Å². The molecule has 0 unspecified atom stereocenters. The van der Waals surface area contributed by atoms with Gasteiger partial charge in [0, 0.05) is 5.56 Å². The Balaban J connectivity index is 2.25. The van der Waals surface area contributed by atoms with Crippen molar-refractivity contribution >= 4 is 29.9 Å². The highest BCUT2D eigenvalue weighted by Gasteiger charge is 2.40. The van der Waals surface area contributed by atoms with E-state index in [-0.39, 0.29) is 5.04 Å². The third kappa shape index (κ3) is 3.20. The minimum Gasteiger partial charge on any atom is -0.398 e. The molecule has 2 nitrogen and oxygen atoms in total. The van der Waals surface area contributed by atoms with E-state index in [1.54, 1.807) is 0 Å². The number of nitriles is 1. The second kappa shape index (κ2) is 6.29. The van der Waals surface area contributed by atoms with Crippen molar-refractivity contribution in [3.8, 4) is 6.07 Å². The average molecular weight is 348 g/mol. The summed E-state index contributed by atoms with van der Waals surface area (Å²) in [6.07, 6.45) is -0.558. The van der Waals surface area contributed by atoms with Crippen LogP contribution in [0, 0.1) is 11.3 Å². The van der Waals surface area contributed by atoms with Gasteiger partial charge in [0.1, 0.15) is 0 Å². The molecule has 0 amide bonds. The molecule has 3 rings (SSSR count). The summed E-state index contributed by atoms with van der Waals surface area (Å²) in [6.45, 7) is 11.0. The van der Waals surface area contributed by atoms with Crippen LogP contribution in [0.25, 0.3) is 21.5 Å². The minimum atomic E-state index is -2.07. The summed E-state index contributed by atoms with van der Waals surface area (Å²) in [5.74, 6) is 0. The lowest BCUT2D eigenvalue weighted by Gasteiger charge is -2.38. The molecule has 0 bridgehead atoms. The number of rotatable bonds is 3. The molecule has 0 spiro atoms. The first-order valence-corrected chi connectivity index (χ1v) is 11.6. The quantitative estimate of drug-likeness (QED) is 0.396.